The third-order valence-corrected chi connectivity index (χ3v) is 3.61. The van der Waals surface area contributed by atoms with Crippen molar-refractivity contribution in [1.29, 1.82) is 0 Å². The number of hydrogen-bond donors (Lipinski definition) is 2. The molecule has 126 valence electrons. The maximum Gasteiger partial charge on any atom is 0.331 e. The molecule has 0 bridgehead atoms. The highest BCUT2D eigenvalue weighted by Crippen LogP contribution is 2.33. The molecule has 2 rings (SSSR count). The van der Waals surface area contributed by atoms with E-state index in [4.69, 9.17) is 4.74 Å². The molecule has 1 amide bonds. The van der Waals surface area contributed by atoms with Crippen LogP contribution in [-0.2, 0) is 4.79 Å². The van der Waals surface area contributed by atoms with E-state index < -0.39 is 17.9 Å². The van der Waals surface area contributed by atoms with Gasteiger partial charge in [-0.05, 0) is 30.7 Å². The Bertz CT molecular complexity index is 761. The molecule has 0 spiro atoms. The Labute approximate surface area is 139 Å². The SMILES string of the molecule is COc1cc(C)cc(C(=O)N(C)C(C(=O)O)c2cccnc2)c1O. The lowest BCUT2D eigenvalue weighted by molar-refractivity contribution is -0.142. The summed E-state index contributed by atoms with van der Waals surface area (Å²) in [5.74, 6) is -2.00. The number of carboxylic acids is 1. The number of aromatic hydroxyl groups is 1. The number of amides is 1. The Morgan fingerprint density at radius 1 is 1.33 bits per heavy atom. The number of aryl methyl sites for hydroxylation is 1. The van der Waals surface area contributed by atoms with Gasteiger partial charge in [-0.25, -0.2) is 4.79 Å². The zero-order valence-electron chi connectivity index (χ0n) is 13.6. The van der Waals surface area contributed by atoms with Crippen molar-refractivity contribution >= 4 is 11.9 Å². The number of carbonyl (C=O) groups excluding carboxylic acids is 1. The Kier molecular flexibility index (Phi) is 5.03. The van der Waals surface area contributed by atoms with Crippen molar-refractivity contribution in [2.75, 3.05) is 14.2 Å². The largest absolute Gasteiger partial charge is 0.504 e. The van der Waals surface area contributed by atoms with Crippen LogP contribution in [0.3, 0.4) is 0 Å². The Morgan fingerprint density at radius 3 is 2.58 bits per heavy atom. The average Bonchev–Trinajstić information content (AvgIpc) is 2.56. The lowest BCUT2D eigenvalue weighted by Crippen LogP contribution is -2.36. The third-order valence-electron chi connectivity index (χ3n) is 3.61. The zero-order chi connectivity index (χ0) is 17.9. The van der Waals surface area contributed by atoms with Crippen molar-refractivity contribution in [2.45, 2.75) is 13.0 Å². The number of phenolic OH excluding ortho intramolecular Hbond substituents is 1. The Morgan fingerprint density at radius 2 is 2.04 bits per heavy atom. The lowest BCUT2D eigenvalue weighted by Gasteiger charge is -2.25. The second-order valence-corrected chi connectivity index (χ2v) is 5.31. The van der Waals surface area contributed by atoms with Gasteiger partial charge in [0, 0.05) is 25.0 Å². The first-order valence-corrected chi connectivity index (χ1v) is 7.14. The fourth-order valence-electron chi connectivity index (χ4n) is 2.44. The number of carbonyl (C=O) groups is 2. The van der Waals surface area contributed by atoms with E-state index >= 15 is 0 Å². The summed E-state index contributed by atoms with van der Waals surface area (Å²) >= 11 is 0. The molecule has 1 aromatic heterocycles. The Hall–Kier alpha value is -3.09. The van der Waals surface area contributed by atoms with Gasteiger partial charge in [0.15, 0.2) is 17.5 Å². The van der Waals surface area contributed by atoms with E-state index in [1.807, 2.05) is 0 Å². The molecule has 0 saturated carbocycles. The molecule has 2 N–H and O–H groups in total. The second kappa shape index (κ2) is 6.99. The van der Waals surface area contributed by atoms with Crippen LogP contribution in [0, 0.1) is 6.92 Å². The van der Waals surface area contributed by atoms with Gasteiger partial charge in [0.25, 0.3) is 5.91 Å². The molecule has 0 saturated heterocycles. The molecule has 1 heterocycles. The molecule has 7 heteroatoms. The number of pyridine rings is 1. The van der Waals surface area contributed by atoms with Gasteiger partial charge in [0.2, 0.25) is 0 Å². The molecule has 0 fully saturated rings. The highest BCUT2D eigenvalue weighted by atomic mass is 16.5. The normalized spacial score (nSPS) is 11.6. The topological polar surface area (TPSA) is 100.0 Å². The van der Waals surface area contributed by atoms with Crippen molar-refractivity contribution in [3.8, 4) is 11.5 Å². The first kappa shape index (κ1) is 17.3. The lowest BCUT2D eigenvalue weighted by atomic mass is 10.0. The summed E-state index contributed by atoms with van der Waals surface area (Å²) in [6, 6.07) is 5.01. The molecule has 0 aliphatic carbocycles. The molecule has 1 aromatic carbocycles. The van der Waals surface area contributed by atoms with Gasteiger partial charge in [-0.3, -0.25) is 9.78 Å². The maximum atomic E-state index is 12.7. The molecule has 0 radical (unpaired) electrons. The van der Waals surface area contributed by atoms with Gasteiger partial charge >= 0.3 is 5.97 Å². The summed E-state index contributed by atoms with van der Waals surface area (Å²) in [5, 5.41) is 19.7. The third kappa shape index (κ3) is 3.29. The van der Waals surface area contributed by atoms with Crippen LogP contribution in [0.15, 0.2) is 36.7 Å². The molecule has 1 atom stereocenters. The van der Waals surface area contributed by atoms with Gasteiger partial charge in [0.1, 0.15) is 0 Å². The molecule has 0 aliphatic rings. The summed E-state index contributed by atoms with van der Waals surface area (Å²) in [5.41, 5.74) is 1.04. The second-order valence-electron chi connectivity index (χ2n) is 5.31. The maximum absolute atomic E-state index is 12.7. The average molecular weight is 330 g/mol. The van der Waals surface area contributed by atoms with Gasteiger partial charge in [-0.1, -0.05) is 6.07 Å². The van der Waals surface area contributed by atoms with E-state index in [1.165, 1.54) is 32.6 Å². The number of phenols is 1. The van der Waals surface area contributed by atoms with E-state index in [1.54, 1.807) is 25.1 Å². The highest BCUT2D eigenvalue weighted by molar-refractivity contribution is 5.99. The molecule has 7 nitrogen and oxygen atoms in total. The van der Waals surface area contributed by atoms with Crippen molar-refractivity contribution in [1.82, 2.24) is 9.88 Å². The predicted molar refractivity (Wildman–Crippen MR) is 86.1 cm³/mol. The van der Waals surface area contributed by atoms with Crippen LogP contribution in [0.25, 0.3) is 0 Å². The van der Waals surface area contributed by atoms with Crippen molar-refractivity contribution in [2.24, 2.45) is 0 Å². The van der Waals surface area contributed by atoms with Gasteiger partial charge in [-0.15, -0.1) is 0 Å². The van der Waals surface area contributed by atoms with Gasteiger partial charge in [0.05, 0.1) is 12.7 Å². The first-order valence-electron chi connectivity index (χ1n) is 7.14. The number of aliphatic carboxylic acids is 1. The monoisotopic (exact) mass is 330 g/mol. The van der Waals surface area contributed by atoms with Crippen molar-refractivity contribution in [3.63, 3.8) is 0 Å². The highest BCUT2D eigenvalue weighted by Gasteiger charge is 2.31. The van der Waals surface area contributed by atoms with Crippen molar-refractivity contribution in [3.05, 3.63) is 53.3 Å². The van der Waals surface area contributed by atoms with Crippen LogP contribution >= 0.6 is 0 Å². The number of likely N-dealkylation sites (N-methyl/N-ethyl adjacent to an activating group) is 1. The summed E-state index contributed by atoms with van der Waals surface area (Å²) in [6.45, 7) is 1.74. The number of hydrogen-bond acceptors (Lipinski definition) is 5. The molecule has 1 unspecified atom stereocenters. The summed E-state index contributed by atoms with van der Waals surface area (Å²) in [6.07, 6.45) is 2.90. The van der Waals surface area contributed by atoms with E-state index in [0.717, 1.165) is 4.90 Å². The molecular formula is C17H18N2O5. The number of rotatable bonds is 5. The number of carboxylic acid groups (broad SMARTS) is 1. The van der Waals surface area contributed by atoms with Crippen LogP contribution < -0.4 is 4.74 Å². The molecule has 24 heavy (non-hydrogen) atoms. The number of ether oxygens (including phenoxy) is 1. The van der Waals surface area contributed by atoms with Crippen LogP contribution in [0.2, 0.25) is 0 Å². The standard InChI is InChI=1S/C17H18N2O5/c1-10-7-12(15(20)13(8-10)24-3)16(21)19(2)14(17(22)23)11-5-4-6-18-9-11/h4-9,14,20H,1-3H3,(H,22,23). The van der Waals surface area contributed by atoms with Gasteiger partial charge in [-0.2, -0.15) is 0 Å². The summed E-state index contributed by atoms with van der Waals surface area (Å²) in [4.78, 5) is 29.3. The number of aromatic nitrogens is 1. The number of benzene rings is 1. The van der Waals surface area contributed by atoms with E-state index in [0.29, 0.717) is 11.1 Å². The molecule has 2 aromatic rings. The van der Waals surface area contributed by atoms with E-state index in [-0.39, 0.29) is 17.1 Å². The van der Waals surface area contributed by atoms with Crippen molar-refractivity contribution < 1.29 is 24.5 Å². The van der Waals surface area contributed by atoms with Crippen LogP contribution in [0.4, 0.5) is 0 Å². The Balaban J connectivity index is 2.45. The van der Waals surface area contributed by atoms with E-state index in [9.17, 15) is 19.8 Å². The predicted octanol–water partition coefficient (Wildman–Crippen LogP) is 2.00. The minimum Gasteiger partial charge on any atom is -0.504 e. The molecule has 0 aliphatic heterocycles. The minimum atomic E-state index is -1.22. The van der Waals surface area contributed by atoms with E-state index in [2.05, 4.69) is 4.98 Å². The minimum absolute atomic E-state index is 0.0236. The van der Waals surface area contributed by atoms with Crippen LogP contribution in [0.1, 0.15) is 27.5 Å². The van der Waals surface area contributed by atoms with Crippen LogP contribution in [-0.4, -0.2) is 46.1 Å². The summed E-state index contributed by atoms with van der Waals surface area (Å²) < 4.78 is 5.04. The molecular weight excluding hydrogens is 312 g/mol. The van der Waals surface area contributed by atoms with Crippen LogP contribution in [0.5, 0.6) is 11.5 Å². The summed E-state index contributed by atoms with van der Waals surface area (Å²) in [7, 11) is 2.74. The smallest absolute Gasteiger partial charge is 0.331 e. The van der Waals surface area contributed by atoms with Gasteiger partial charge < -0.3 is 19.8 Å². The number of methoxy groups -OCH3 is 1. The quantitative estimate of drug-likeness (QED) is 0.870. The number of nitrogens with zero attached hydrogens (tertiary/aromatic N) is 2. The fraction of sp³-hybridized carbons (Fsp3) is 0.235. The fourth-order valence-corrected chi connectivity index (χ4v) is 2.44. The first-order chi connectivity index (χ1) is 11.4. The zero-order valence-corrected chi connectivity index (χ0v) is 13.6.